The minimum absolute atomic E-state index is 0.00836. The summed E-state index contributed by atoms with van der Waals surface area (Å²) in [5, 5.41) is 7.07. The van der Waals surface area contributed by atoms with Crippen LogP contribution in [0.25, 0.3) is 11.3 Å². The Hall–Kier alpha value is -2.91. The summed E-state index contributed by atoms with van der Waals surface area (Å²) in [5.74, 6) is 0.250. The summed E-state index contributed by atoms with van der Waals surface area (Å²) in [6.07, 6.45) is -4.45. The van der Waals surface area contributed by atoms with E-state index in [4.69, 9.17) is 4.52 Å². The summed E-state index contributed by atoms with van der Waals surface area (Å²) in [6.45, 7) is 5.49. The molecule has 0 radical (unpaired) electrons. The van der Waals surface area contributed by atoms with Crippen molar-refractivity contribution in [1.29, 1.82) is 0 Å². The fourth-order valence-corrected chi connectivity index (χ4v) is 3.81. The summed E-state index contributed by atoms with van der Waals surface area (Å²) in [4.78, 5) is 4.57. The molecule has 1 aliphatic heterocycles. The molecular weight excluding hydrogens is 424 g/mol. The molecule has 0 aliphatic carbocycles. The van der Waals surface area contributed by atoms with Crippen LogP contribution in [0, 0.1) is 5.82 Å². The maximum absolute atomic E-state index is 13.2. The van der Waals surface area contributed by atoms with E-state index in [0.717, 1.165) is 44.5 Å². The molecule has 1 saturated heterocycles. The lowest BCUT2D eigenvalue weighted by atomic mass is 10.0. The summed E-state index contributed by atoms with van der Waals surface area (Å²) in [6, 6.07) is 13.4. The van der Waals surface area contributed by atoms with Gasteiger partial charge in [0.1, 0.15) is 11.5 Å². The van der Waals surface area contributed by atoms with Gasteiger partial charge in [-0.1, -0.05) is 23.4 Å². The van der Waals surface area contributed by atoms with E-state index in [9.17, 15) is 17.6 Å². The predicted octanol–water partition coefficient (Wildman–Crippen LogP) is 4.41. The third-order valence-corrected chi connectivity index (χ3v) is 5.54. The van der Waals surface area contributed by atoms with E-state index in [0.29, 0.717) is 18.8 Å². The summed E-state index contributed by atoms with van der Waals surface area (Å²) < 4.78 is 57.9. The number of hydrogen-bond acceptors (Lipinski definition) is 5. The number of nitrogens with one attached hydrogen (secondary N) is 1. The molecule has 0 bridgehead atoms. The van der Waals surface area contributed by atoms with E-state index in [-0.39, 0.29) is 17.1 Å². The van der Waals surface area contributed by atoms with Crippen molar-refractivity contribution in [3.05, 3.63) is 71.7 Å². The first-order chi connectivity index (χ1) is 15.4. The van der Waals surface area contributed by atoms with Crippen LogP contribution in [-0.4, -0.2) is 49.3 Å². The Bertz CT molecular complexity index is 1010. The van der Waals surface area contributed by atoms with Crippen molar-refractivity contribution < 1.29 is 22.1 Å². The molecule has 0 unspecified atom stereocenters. The topological polar surface area (TPSA) is 44.5 Å². The predicted molar refractivity (Wildman–Crippen MR) is 114 cm³/mol. The highest BCUT2D eigenvalue weighted by atomic mass is 19.4. The van der Waals surface area contributed by atoms with Gasteiger partial charge in [0.25, 0.3) is 0 Å². The minimum Gasteiger partial charge on any atom is -0.369 e. The van der Waals surface area contributed by atoms with Gasteiger partial charge in [0, 0.05) is 56.6 Å². The number of halogens is 4. The minimum atomic E-state index is -4.45. The van der Waals surface area contributed by atoms with Gasteiger partial charge >= 0.3 is 6.18 Å². The summed E-state index contributed by atoms with van der Waals surface area (Å²) in [7, 11) is 0. The molecule has 1 fully saturated rings. The van der Waals surface area contributed by atoms with Gasteiger partial charge in [-0.2, -0.15) is 13.2 Å². The Kier molecular flexibility index (Phi) is 6.76. The van der Waals surface area contributed by atoms with Gasteiger partial charge in [-0.3, -0.25) is 4.90 Å². The maximum atomic E-state index is 13.2. The van der Waals surface area contributed by atoms with Crippen LogP contribution in [-0.2, 0) is 12.7 Å². The van der Waals surface area contributed by atoms with Crippen LogP contribution < -0.4 is 10.2 Å². The fourth-order valence-electron chi connectivity index (χ4n) is 3.81. The second kappa shape index (κ2) is 9.70. The van der Waals surface area contributed by atoms with Gasteiger partial charge in [-0.05, 0) is 30.3 Å². The third kappa shape index (κ3) is 5.46. The number of nitrogens with zero attached hydrogens (tertiary/aromatic N) is 3. The Morgan fingerprint density at radius 2 is 1.69 bits per heavy atom. The molecule has 0 spiro atoms. The van der Waals surface area contributed by atoms with E-state index in [1.807, 2.05) is 0 Å². The largest absolute Gasteiger partial charge is 0.417 e. The SMILES string of the molecule is Fc1ccc(N2CCN(CCNCc3cc(-c4ccccc4C(F)(F)F)no3)CC2)cc1. The van der Waals surface area contributed by atoms with E-state index < -0.39 is 11.7 Å². The molecule has 0 atom stereocenters. The number of anilines is 1. The molecule has 9 heteroatoms. The summed E-state index contributed by atoms with van der Waals surface area (Å²) >= 11 is 0. The van der Waals surface area contributed by atoms with Crippen LogP contribution >= 0.6 is 0 Å². The number of benzene rings is 2. The normalized spacial score (nSPS) is 15.3. The van der Waals surface area contributed by atoms with Crippen molar-refractivity contribution in [1.82, 2.24) is 15.4 Å². The van der Waals surface area contributed by atoms with Crippen LogP contribution in [0.1, 0.15) is 11.3 Å². The first kappa shape index (κ1) is 22.3. The zero-order valence-electron chi connectivity index (χ0n) is 17.4. The average Bonchev–Trinajstić information content (AvgIpc) is 3.26. The highest BCUT2D eigenvalue weighted by Gasteiger charge is 2.34. The average molecular weight is 448 g/mol. The van der Waals surface area contributed by atoms with Crippen molar-refractivity contribution in [2.75, 3.05) is 44.2 Å². The Labute approximate surface area is 183 Å². The highest BCUT2D eigenvalue weighted by Crippen LogP contribution is 2.36. The lowest BCUT2D eigenvalue weighted by molar-refractivity contribution is -0.137. The van der Waals surface area contributed by atoms with Crippen LogP contribution in [0.5, 0.6) is 0 Å². The van der Waals surface area contributed by atoms with Gasteiger partial charge < -0.3 is 14.7 Å². The standard InChI is InChI=1S/C23H24F4N4O/c24-17-5-7-18(8-6-17)31-13-11-30(12-14-31)10-9-28-16-19-15-22(29-32-19)20-3-1-2-4-21(20)23(25,26)27/h1-8,15,28H,9-14,16H2. The highest BCUT2D eigenvalue weighted by molar-refractivity contribution is 5.64. The molecule has 3 aromatic rings. The Morgan fingerprint density at radius 3 is 2.41 bits per heavy atom. The van der Waals surface area contributed by atoms with Crippen molar-refractivity contribution in [2.45, 2.75) is 12.7 Å². The van der Waals surface area contributed by atoms with Gasteiger partial charge in [-0.25, -0.2) is 4.39 Å². The van der Waals surface area contributed by atoms with Crippen LogP contribution in [0.4, 0.5) is 23.2 Å². The number of hydrogen-bond donors (Lipinski definition) is 1. The van der Waals surface area contributed by atoms with Gasteiger partial charge in [0.15, 0.2) is 5.76 Å². The van der Waals surface area contributed by atoms with E-state index in [1.54, 1.807) is 24.3 Å². The van der Waals surface area contributed by atoms with Crippen molar-refractivity contribution in [3.8, 4) is 11.3 Å². The van der Waals surface area contributed by atoms with Crippen molar-refractivity contribution in [2.24, 2.45) is 0 Å². The molecule has 0 amide bonds. The Morgan fingerprint density at radius 1 is 0.969 bits per heavy atom. The fraction of sp³-hybridized carbons (Fsp3) is 0.348. The first-order valence-corrected chi connectivity index (χ1v) is 10.5. The van der Waals surface area contributed by atoms with Gasteiger partial charge in [-0.15, -0.1) is 0 Å². The molecule has 0 saturated carbocycles. The number of rotatable bonds is 7. The van der Waals surface area contributed by atoms with Crippen LogP contribution in [0.3, 0.4) is 0 Å². The quantitative estimate of drug-likeness (QED) is 0.429. The molecule has 32 heavy (non-hydrogen) atoms. The third-order valence-electron chi connectivity index (χ3n) is 5.54. The molecule has 5 nitrogen and oxygen atoms in total. The zero-order chi connectivity index (χ0) is 22.6. The van der Waals surface area contributed by atoms with Crippen molar-refractivity contribution in [3.63, 3.8) is 0 Å². The molecule has 2 heterocycles. The van der Waals surface area contributed by atoms with Gasteiger partial charge in [0.05, 0.1) is 12.1 Å². The van der Waals surface area contributed by atoms with Crippen LogP contribution in [0.15, 0.2) is 59.1 Å². The molecule has 1 aromatic heterocycles. The van der Waals surface area contributed by atoms with E-state index >= 15 is 0 Å². The number of alkyl halides is 3. The smallest absolute Gasteiger partial charge is 0.369 e. The molecule has 2 aromatic carbocycles. The molecule has 1 N–H and O–H groups in total. The maximum Gasteiger partial charge on any atom is 0.417 e. The monoisotopic (exact) mass is 448 g/mol. The van der Waals surface area contributed by atoms with Crippen LogP contribution in [0.2, 0.25) is 0 Å². The van der Waals surface area contributed by atoms with Gasteiger partial charge in [0.2, 0.25) is 0 Å². The molecule has 170 valence electrons. The number of aromatic nitrogens is 1. The lowest BCUT2D eigenvalue weighted by Crippen LogP contribution is -2.48. The molecule has 1 aliphatic rings. The second-order valence-electron chi connectivity index (χ2n) is 7.70. The number of piperazine rings is 1. The second-order valence-corrected chi connectivity index (χ2v) is 7.70. The van der Waals surface area contributed by atoms with E-state index in [1.165, 1.54) is 24.3 Å². The van der Waals surface area contributed by atoms with Crippen molar-refractivity contribution >= 4 is 5.69 Å². The molecular formula is C23H24F4N4O. The summed E-state index contributed by atoms with van der Waals surface area (Å²) in [5.41, 5.74) is 0.477. The molecule has 4 rings (SSSR count). The Balaban J connectivity index is 1.22. The first-order valence-electron chi connectivity index (χ1n) is 10.5. The zero-order valence-corrected chi connectivity index (χ0v) is 17.4. The lowest BCUT2D eigenvalue weighted by Gasteiger charge is -2.36. The van der Waals surface area contributed by atoms with E-state index in [2.05, 4.69) is 20.3 Å².